The first-order valence-corrected chi connectivity index (χ1v) is 6.96. The maximum atomic E-state index is 9.03. The second-order valence-corrected chi connectivity index (χ2v) is 5.62. The van der Waals surface area contributed by atoms with E-state index in [1.807, 2.05) is 6.92 Å². The average molecular weight is 237 g/mol. The Hall–Kier alpha value is -0.590. The van der Waals surface area contributed by atoms with Crippen molar-refractivity contribution < 1.29 is 0 Å². The van der Waals surface area contributed by atoms with Crippen LogP contribution in [0, 0.1) is 17.2 Å². The SMILES string of the molecule is CCC(N)(C#N)CCCN1CCCC(C)C1C. The monoisotopic (exact) mass is 237 g/mol. The van der Waals surface area contributed by atoms with Gasteiger partial charge in [-0.1, -0.05) is 13.8 Å². The van der Waals surface area contributed by atoms with E-state index in [1.54, 1.807) is 0 Å². The smallest absolute Gasteiger partial charge is 0.104 e. The van der Waals surface area contributed by atoms with Crippen LogP contribution < -0.4 is 5.73 Å². The lowest BCUT2D eigenvalue weighted by atomic mass is 9.90. The van der Waals surface area contributed by atoms with Gasteiger partial charge in [0.25, 0.3) is 0 Å². The van der Waals surface area contributed by atoms with Gasteiger partial charge in [0.15, 0.2) is 0 Å². The first-order chi connectivity index (χ1) is 8.02. The van der Waals surface area contributed by atoms with Gasteiger partial charge >= 0.3 is 0 Å². The Morgan fingerprint density at radius 2 is 2.18 bits per heavy atom. The Morgan fingerprint density at radius 1 is 1.47 bits per heavy atom. The molecule has 1 heterocycles. The summed E-state index contributed by atoms with van der Waals surface area (Å²) in [6.45, 7) is 8.96. The molecule has 0 radical (unpaired) electrons. The Morgan fingerprint density at radius 3 is 2.76 bits per heavy atom. The zero-order valence-electron chi connectivity index (χ0n) is 11.6. The maximum absolute atomic E-state index is 9.03. The summed E-state index contributed by atoms with van der Waals surface area (Å²) < 4.78 is 0. The highest BCUT2D eigenvalue weighted by atomic mass is 15.2. The van der Waals surface area contributed by atoms with Crippen LogP contribution in [-0.2, 0) is 0 Å². The van der Waals surface area contributed by atoms with E-state index in [9.17, 15) is 0 Å². The molecule has 0 aliphatic carbocycles. The number of rotatable bonds is 5. The highest BCUT2D eigenvalue weighted by molar-refractivity contribution is 5.03. The van der Waals surface area contributed by atoms with Crippen molar-refractivity contribution in [2.24, 2.45) is 11.7 Å². The first-order valence-electron chi connectivity index (χ1n) is 6.96. The Bertz CT molecular complexity index is 271. The molecule has 2 N–H and O–H groups in total. The largest absolute Gasteiger partial charge is 0.313 e. The topological polar surface area (TPSA) is 53.1 Å². The molecule has 1 aliphatic heterocycles. The minimum Gasteiger partial charge on any atom is -0.313 e. The van der Waals surface area contributed by atoms with Crippen molar-refractivity contribution >= 4 is 0 Å². The van der Waals surface area contributed by atoms with Gasteiger partial charge in [0.1, 0.15) is 5.54 Å². The molecule has 0 aromatic rings. The van der Waals surface area contributed by atoms with E-state index >= 15 is 0 Å². The third-order valence-corrected chi connectivity index (χ3v) is 4.43. The fraction of sp³-hybridized carbons (Fsp3) is 0.929. The van der Waals surface area contributed by atoms with Gasteiger partial charge in [-0.2, -0.15) is 5.26 Å². The molecule has 1 rings (SSSR count). The van der Waals surface area contributed by atoms with Crippen molar-refractivity contribution in [1.82, 2.24) is 4.90 Å². The van der Waals surface area contributed by atoms with Gasteiger partial charge in [-0.05, 0) is 58.0 Å². The number of nitrogens with zero attached hydrogens (tertiary/aromatic N) is 2. The fourth-order valence-corrected chi connectivity index (χ4v) is 2.65. The van der Waals surface area contributed by atoms with Gasteiger partial charge in [0, 0.05) is 6.04 Å². The number of likely N-dealkylation sites (tertiary alicyclic amines) is 1. The van der Waals surface area contributed by atoms with E-state index in [2.05, 4.69) is 24.8 Å². The number of hydrogen-bond donors (Lipinski definition) is 1. The molecule has 1 aliphatic rings. The normalized spacial score (nSPS) is 29.6. The van der Waals surface area contributed by atoms with E-state index < -0.39 is 5.54 Å². The molecule has 1 fully saturated rings. The van der Waals surface area contributed by atoms with E-state index in [0.29, 0.717) is 6.04 Å². The van der Waals surface area contributed by atoms with Crippen LogP contribution in [0.5, 0.6) is 0 Å². The van der Waals surface area contributed by atoms with Crippen molar-refractivity contribution in [3.8, 4) is 6.07 Å². The highest BCUT2D eigenvalue weighted by Crippen LogP contribution is 2.23. The van der Waals surface area contributed by atoms with Crippen LogP contribution in [-0.4, -0.2) is 29.6 Å². The quantitative estimate of drug-likeness (QED) is 0.799. The summed E-state index contributed by atoms with van der Waals surface area (Å²) in [6, 6.07) is 2.93. The second kappa shape index (κ2) is 6.37. The average Bonchev–Trinajstić information content (AvgIpc) is 2.34. The Balaban J connectivity index is 2.33. The summed E-state index contributed by atoms with van der Waals surface area (Å²) in [6.07, 6.45) is 5.26. The Labute approximate surface area is 106 Å². The van der Waals surface area contributed by atoms with Crippen LogP contribution in [0.15, 0.2) is 0 Å². The molecule has 3 atom stereocenters. The summed E-state index contributed by atoms with van der Waals surface area (Å²) in [7, 11) is 0. The van der Waals surface area contributed by atoms with Crippen LogP contribution in [0.2, 0.25) is 0 Å². The van der Waals surface area contributed by atoms with E-state index in [0.717, 1.165) is 31.7 Å². The van der Waals surface area contributed by atoms with Crippen molar-refractivity contribution in [1.29, 1.82) is 5.26 Å². The van der Waals surface area contributed by atoms with Crippen molar-refractivity contribution in [2.75, 3.05) is 13.1 Å². The number of nitrogens with two attached hydrogens (primary N) is 1. The molecule has 3 heteroatoms. The molecule has 17 heavy (non-hydrogen) atoms. The van der Waals surface area contributed by atoms with Crippen molar-refractivity contribution in [3.05, 3.63) is 0 Å². The Kier molecular flexibility index (Phi) is 5.42. The standard InChI is InChI=1S/C14H27N3/c1-4-14(16,11-15)8-6-10-17-9-5-7-12(2)13(17)3/h12-13H,4-10,16H2,1-3H3. The molecule has 3 unspecified atom stereocenters. The first kappa shape index (κ1) is 14.5. The lowest BCUT2D eigenvalue weighted by molar-refractivity contribution is 0.110. The van der Waals surface area contributed by atoms with Gasteiger partial charge in [0.05, 0.1) is 6.07 Å². The summed E-state index contributed by atoms with van der Waals surface area (Å²) >= 11 is 0. The van der Waals surface area contributed by atoms with Gasteiger partial charge in [-0.3, -0.25) is 0 Å². The lowest BCUT2D eigenvalue weighted by Gasteiger charge is -2.38. The molecule has 3 nitrogen and oxygen atoms in total. The zero-order chi connectivity index (χ0) is 12.9. The predicted octanol–water partition coefficient (Wildman–Crippen LogP) is 2.52. The molecule has 98 valence electrons. The predicted molar refractivity (Wildman–Crippen MR) is 71.5 cm³/mol. The van der Waals surface area contributed by atoms with Crippen LogP contribution in [0.1, 0.15) is 52.9 Å². The molecule has 0 spiro atoms. The molecule has 1 saturated heterocycles. The molecular formula is C14H27N3. The number of hydrogen-bond acceptors (Lipinski definition) is 3. The summed E-state index contributed by atoms with van der Waals surface area (Å²) in [5.41, 5.74) is 5.39. The lowest BCUT2D eigenvalue weighted by Crippen LogP contribution is -2.44. The third kappa shape index (κ3) is 3.97. The molecule has 0 aromatic heterocycles. The van der Waals surface area contributed by atoms with Gasteiger partial charge in [0.2, 0.25) is 0 Å². The van der Waals surface area contributed by atoms with E-state index in [-0.39, 0.29) is 0 Å². The summed E-state index contributed by atoms with van der Waals surface area (Å²) in [5.74, 6) is 0.800. The highest BCUT2D eigenvalue weighted by Gasteiger charge is 2.26. The summed E-state index contributed by atoms with van der Waals surface area (Å²) in [5, 5.41) is 9.03. The van der Waals surface area contributed by atoms with Crippen LogP contribution in [0.4, 0.5) is 0 Å². The summed E-state index contributed by atoms with van der Waals surface area (Å²) in [4.78, 5) is 2.56. The van der Waals surface area contributed by atoms with Gasteiger partial charge in [-0.25, -0.2) is 0 Å². The van der Waals surface area contributed by atoms with Crippen LogP contribution >= 0.6 is 0 Å². The second-order valence-electron chi connectivity index (χ2n) is 5.62. The van der Waals surface area contributed by atoms with E-state index in [4.69, 9.17) is 11.0 Å². The zero-order valence-corrected chi connectivity index (χ0v) is 11.6. The van der Waals surface area contributed by atoms with Crippen LogP contribution in [0.25, 0.3) is 0 Å². The molecule has 0 bridgehead atoms. The third-order valence-electron chi connectivity index (χ3n) is 4.43. The molecule has 0 aromatic carbocycles. The number of nitriles is 1. The van der Waals surface area contributed by atoms with Gasteiger partial charge < -0.3 is 10.6 Å². The minimum atomic E-state index is -0.607. The maximum Gasteiger partial charge on any atom is 0.104 e. The minimum absolute atomic E-state index is 0.607. The fourth-order valence-electron chi connectivity index (χ4n) is 2.65. The molecule has 0 amide bonds. The molecular weight excluding hydrogens is 210 g/mol. The van der Waals surface area contributed by atoms with E-state index in [1.165, 1.54) is 19.4 Å². The number of piperidine rings is 1. The molecule has 0 saturated carbocycles. The van der Waals surface area contributed by atoms with Crippen LogP contribution in [0.3, 0.4) is 0 Å². The van der Waals surface area contributed by atoms with Crippen molar-refractivity contribution in [2.45, 2.75) is 64.5 Å². The van der Waals surface area contributed by atoms with Crippen molar-refractivity contribution in [3.63, 3.8) is 0 Å². The van der Waals surface area contributed by atoms with Gasteiger partial charge in [-0.15, -0.1) is 0 Å².